The van der Waals surface area contributed by atoms with Crippen molar-refractivity contribution in [3.63, 3.8) is 0 Å². The van der Waals surface area contributed by atoms with E-state index in [0.717, 1.165) is 6.42 Å². The lowest BCUT2D eigenvalue weighted by atomic mass is 10.2. The minimum absolute atomic E-state index is 0.517. The average Bonchev–Trinajstić information content (AvgIpc) is 2.55. The van der Waals surface area contributed by atoms with Gasteiger partial charge in [-0.2, -0.15) is 10.5 Å². The molecule has 1 aliphatic rings. The summed E-state index contributed by atoms with van der Waals surface area (Å²) in [6.45, 7) is 0.517. The summed E-state index contributed by atoms with van der Waals surface area (Å²) in [7, 11) is 0. The predicted molar refractivity (Wildman–Crippen MR) is 42.4 cm³/mol. The SMILES string of the molecule is N#CC(C#N)N1CCC[C@H]1C(=O)O. The number of carboxylic acids is 1. The molecular weight excluding hydrogens is 170 g/mol. The Morgan fingerprint density at radius 1 is 1.54 bits per heavy atom. The molecule has 1 heterocycles. The normalized spacial score (nSPS) is 22.5. The highest BCUT2D eigenvalue weighted by atomic mass is 16.4. The first-order valence-corrected chi connectivity index (χ1v) is 3.98. The van der Waals surface area contributed by atoms with Crippen LogP contribution in [0.4, 0.5) is 0 Å². The molecule has 1 atom stereocenters. The number of rotatable bonds is 2. The van der Waals surface area contributed by atoms with Crippen LogP contribution in [0.2, 0.25) is 0 Å². The first-order valence-electron chi connectivity index (χ1n) is 3.98. The molecule has 1 saturated heterocycles. The van der Waals surface area contributed by atoms with Crippen LogP contribution < -0.4 is 0 Å². The van der Waals surface area contributed by atoms with Crippen molar-refractivity contribution in [1.82, 2.24) is 4.90 Å². The summed E-state index contributed by atoms with van der Waals surface area (Å²) in [6.07, 6.45) is 1.26. The molecule has 1 rings (SSSR count). The van der Waals surface area contributed by atoms with Gasteiger partial charge >= 0.3 is 5.97 Å². The molecule has 68 valence electrons. The topological polar surface area (TPSA) is 88.1 Å². The summed E-state index contributed by atoms with van der Waals surface area (Å²) < 4.78 is 0. The van der Waals surface area contributed by atoms with Gasteiger partial charge in [0.05, 0.1) is 12.1 Å². The molecule has 0 saturated carbocycles. The quantitative estimate of drug-likeness (QED) is 0.642. The van der Waals surface area contributed by atoms with Crippen LogP contribution in [0.15, 0.2) is 0 Å². The molecular formula is C8H9N3O2. The van der Waals surface area contributed by atoms with E-state index in [1.165, 1.54) is 4.90 Å². The number of nitriles is 2. The van der Waals surface area contributed by atoms with Crippen molar-refractivity contribution in [3.05, 3.63) is 0 Å². The number of carbonyl (C=O) groups is 1. The van der Waals surface area contributed by atoms with E-state index in [2.05, 4.69) is 0 Å². The molecule has 13 heavy (non-hydrogen) atoms. The van der Waals surface area contributed by atoms with Gasteiger partial charge in [-0.3, -0.25) is 9.69 Å². The van der Waals surface area contributed by atoms with Gasteiger partial charge in [0.2, 0.25) is 0 Å². The third kappa shape index (κ3) is 1.77. The van der Waals surface area contributed by atoms with Gasteiger partial charge in [-0.15, -0.1) is 0 Å². The fraction of sp³-hybridized carbons (Fsp3) is 0.625. The van der Waals surface area contributed by atoms with Gasteiger partial charge in [0, 0.05) is 6.54 Å². The molecule has 0 aliphatic carbocycles. The zero-order chi connectivity index (χ0) is 9.84. The monoisotopic (exact) mass is 179 g/mol. The van der Waals surface area contributed by atoms with Crippen molar-refractivity contribution in [2.24, 2.45) is 0 Å². The summed E-state index contributed by atoms with van der Waals surface area (Å²) in [6, 6.07) is 1.97. The van der Waals surface area contributed by atoms with Crippen LogP contribution in [-0.2, 0) is 4.79 Å². The van der Waals surface area contributed by atoms with E-state index in [1.807, 2.05) is 0 Å². The second-order valence-electron chi connectivity index (χ2n) is 2.89. The van der Waals surface area contributed by atoms with E-state index < -0.39 is 18.1 Å². The summed E-state index contributed by atoms with van der Waals surface area (Å²) in [5.74, 6) is -0.951. The second-order valence-corrected chi connectivity index (χ2v) is 2.89. The zero-order valence-corrected chi connectivity index (χ0v) is 6.97. The fourth-order valence-corrected chi connectivity index (χ4v) is 1.54. The van der Waals surface area contributed by atoms with Crippen LogP contribution in [0.25, 0.3) is 0 Å². The first kappa shape index (κ1) is 9.50. The third-order valence-electron chi connectivity index (χ3n) is 2.16. The molecule has 0 bridgehead atoms. The number of hydrogen-bond acceptors (Lipinski definition) is 4. The average molecular weight is 179 g/mol. The molecule has 1 N–H and O–H groups in total. The molecule has 1 fully saturated rings. The predicted octanol–water partition coefficient (Wildman–Crippen LogP) is -0.0488. The highest BCUT2D eigenvalue weighted by Gasteiger charge is 2.35. The Bertz CT molecular complexity index is 275. The van der Waals surface area contributed by atoms with Crippen molar-refractivity contribution in [1.29, 1.82) is 10.5 Å². The molecule has 0 radical (unpaired) electrons. The molecule has 0 aromatic rings. The van der Waals surface area contributed by atoms with Crippen molar-refractivity contribution in [2.75, 3.05) is 6.54 Å². The summed E-state index contributed by atoms with van der Waals surface area (Å²) in [4.78, 5) is 12.1. The van der Waals surface area contributed by atoms with E-state index in [-0.39, 0.29) is 0 Å². The van der Waals surface area contributed by atoms with Crippen LogP contribution in [0, 0.1) is 22.7 Å². The van der Waals surface area contributed by atoms with Gasteiger partial charge in [-0.25, -0.2) is 0 Å². The number of aliphatic carboxylic acids is 1. The Kier molecular flexibility index (Phi) is 2.84. The Hall–Kier alpha value is -1.59. The molecule has 0 aromatic carbocycles. The molecule has 0 amide bonds. The Balaban J connectivity index is 2.75. The van der Waals surface area contributed by atoms with Crippen molar-refractivity contribution in [2.45, 2.75) is 24.9 Å². The van der Waals surface area contributed by atoms with E-state index in [9.17, 15) is 4.79 Å². The van der Waals surface area contributed by atoms with Crippen molar-refractivity contribution < 1.29 is 9.90 Å². The molecule has 5 heteroatoms. The molecule has 0 aromatic heterocycles. The van der Waals surface area contributed by atoms with Gasteiger partial charge in [0.1, 0.15) is 6.04 Å². The summed E-state index contributed by atoms with van der Waals surface area (Å²) in [5.41, 5.74) is 0. The van der Waals surface area contributed by atoms with Gasteiger partial charge in [-0.05, 0) is 12.8 Å². The van der Waals surface area contributed by atoms with E-state index >= 15 is 0 Å². The lowest BCUT2D eigenvalue weighted by Crippen LogP contribution is -2.41. The number of likely N-dealkylation sites (tertiary alicyclic amines) is 1. The minimum Gasteiger partial charge on any atom is -0.480 e. The van der Waals surface area contributed by atoms with Crippen LogP contribution in [0.3, 0.4) is 0 Å². The largest absolute Gasteiger partial charge is 0.480 e. The van der Waals surface area contributed by atoms with E-state index in [1.54, 1.807) is 12.1 Å². The van der Waals surface area contributed by atoms with Gasteiger partial charge in [-0.1, -0.05) is 0 Å². The number of carboxylic acid groups (broad SMARTS) is 1. The highest BCUT2D eigenvalue weighted by Crippen LogP contribution is 2.19. The number of hydrogen-bond donors (Lipinski definition) is 1. The first-order chi connectivity index (χ1) is 6.20. The smallest absolute Gasteiger partial charge is 0.320 e. The highest BCUT2D eigenvalue weighted by molar-refractivity contribution is 5.74. The lowest BCUT2D eigenvalue weighted by molar-refractivity contribution is -0.142. The van der Waals surface area contributed by atoms with Crippen LogP contribution in [-0.4, -0.2) is 34.6 Å². The summed E-state index contributed by atoms with van der Waals surface area (Å²) in [5, 5.41) is 25.9. The van der Waals surface area contributed by atoms with Gasteiger partial charge < -0.3 is 5.11 Å². The van der Waals surface area contributed by atoms with Crippen LogP contribution >= 0.6 is 0 Å². The Labute approximate surface area is 75.8 Å². The fourth-order valence-electron chi connectivity index (χ4n) is 1.54. The van der Waals surface area contributed by atoms with E-state index in [4.69, 9.17) is 15.6 Å². The van der Waals surface area contributed by atoms with E-state index in [0.29, 0.717) is 13.0 Å². The Morgan fingerprint density at radius 3 is 2.62 bits per heavy atom. The van der Waals surface area contributed by atoms with Crippen LogP contribution in [0.5, 0.6) is 0 Å². The number of nitrogens with zero attached hydrogens (tertiary/aromatic N) is 3. The van der Waals surface area contributed by atoms with Crippen molar-refractivity contribution >= 4 is 5.97 Å². The van der Waals surface area contributed by atoms with Crippen molar-refractivity contribution in [3.8, 4) is 12.1 Å². The zero-order valence-electron chi connectivity index (χ0n) is 6.97. The third-order valence-corrected chi connectivity index (χ3v) is 2.16. The standard InChI is InChI=1S/C8H9N3O2/c9-4-6(5-10)11-3-1-2-7(11)8(12)13/h6-7H,1-3H2,(H,12,13)/t7-/m0/s1. The molecule has 5 nitrogen and oxygen atoms in total. The minimum atomic E-state index is -0.951. The summed E-state index contributed by atoms with van der Waals surface area (Å²) >= 11 is 0. The van der Waals surface area contributed by atoms with Gasteiger partial charge in [0.15, 0.2) is 6.04 Å². The molecule has 1 aliphatic heterocycles. The Morgan fingerprint density at radius 2 is 2.15 bits per heavy atom. The maximum Gasteiger partial charge on any atom is 0.320 e. The van der Waals surface area contributed by atoms with Gasteiger partial charge in [0.25, 0.3) is 0 Å². The van der Waals surface area contributed by atoms with Crippen LogP contribution in [0.1, 0.15) is 12.8 Å². The maximum atomic E-state index is 10.7. The molecule has 0 unspecified atom stereocenters. The maximum absolute atomic E-state index is 10.7. The lowest BCUT2D eigenvalue weighted by Gasteiger charge is -2.20. The molecule has 0 spiro atoms. The second kappa shape index (κ2) is 3.88.